The van der Waals surface area contributed by atoms with Crippen LogP contribution in [0.3, 0.4) is 0 Å². The number of benzene rings is 1. The van der Waals surface area contributed by atoms with Crippen molar-refractivity contribution in [3.05, 3.63) is 29.8 Å². The Morgan fingerprint density at radius 1 is 1.25 bits per heavy atom. The van der Waals surface area contributed by atoms with Crippen LogP contribution in [-0.2, 0) is 0 Å². The second-order valence-electron chi connectivity index (χ2n) is 5.23. The normalized spacial score (nSPS) is 13.6. The molecule has 2 nitrogen and oxygen atoms in total. The number of ether oxygens (including phenoxy) is 1. The van der Waals surface area contributed by atoms with Crippen molar-refractivity contribution in [1.82, 2.24) is 0 Å². The molecule has 0 heterocycles. The van der Waals surface area contributed by atoms with Gasteiger partial charge >= 0.3 is 0 Å². The van der Waals surface area contributed by atoms with Crippen molar-refractivity contribution in [1.29, 1.82) is 0 Å². The van der Waals surface area contributed by atoms with Gasteiger partial charge in [0.1, 0.15) is 5.75 Å². The van der Waals surface area contributed by atoms with Crippen LogP contribution in [0.2, 0.25) is 0 Å². The monoisotopic (exact) mass is 221 g/mol. The van der Waals surface area contributed by atoms with Crippen molar-refractivity contribution in [2.45, 2.75) is 40.2 Å². The molecule has 1 unspecified atom stereocenters. The first-order valence-electron chi connectivity index (χ1n) is 5.94. The van der Waals surface area contributed by atoms with Crippen molar-refractivity contribution < 1.29 is 4.74 Å². The summed E-state index contributed by atoms with van der Waals surface area (Å²) in [5.41, 5.74) is 7.41. The molecule has 2 N–H and O–H groups in total. The van der Waals surface area contributed by atoms with E-state index in [1.54, 1.807) is 0 Å². The molecule has 1 aromatic rings. The molecule has 2 heteroatoms. The lowest BCUT2D eigenvalue weighted by Gasteiger charge is -2.28. The molecule has 90 valence electrons. The van der Waals surface area contributed by atoms with E-state index in [1.807, 2.05) is 18.2 Å². The third-order valence-electron chi connectivity index (χ3n) is 2.65. The van der Waals surface area contributed by atoms with Gasteiger partial charge in [0.15, 0.2) is 0 Å². The molecule has 0 bridgehead atoms. The van der Waals surface area contributed by atoms with Crippen LogP contribution in [0.25, 0.3) is 0 Å². The molecule has 0 saturated carbocycles. The molecule has 1 rings (SSSR count). The van der Waals surface area contributed by atoms with Gasteiger partial charge in [-0.15, -0.1) is 0 Å². The highest BCUT2D eigenvalue weighted by Gasteiger charge is 2.24. The molecule has 0 aromatic heterocycles. The third-order valence-corrected chi connectivity index (χ3v) is 2.65. The minimum Gasteiger partial charge on any atom is -0.493 e. The molecular weight excluding hydrogens is 198 g/mol. The van der Waals surface area contributed by atoms with Crippen LogP contribution in [0.5, 0.6) is 5.75 Å². The van der Waals surface area contributed by atoms with Gasteiger partial charge in [-0.2, -0.15) is 0 Å². The highest BCUT2D eigenvalue weighted by Crippen LogP contribution is 2.35. The van der Waals surface area contributed by atoms with Gasteiger partial charge < -0.3 is 10.5 Å². The fourth-order valence-electron chi connectivity index (χ4n) is 1.55. The average molecular weight is 221 g/mol. The van der Waals surface area contributed by atoms with Crippen molar-refractivity contribution >= 4 is 0 Å². The standard InChI is InChI=1S/C14H23NO/c1-5-10-16-12-9-7-6-8-11(12)13(15)14(2,3)4/h6-9,13H,5,10,15H2,1-4H3. The topological polar surface area (TPSA) is 35.2 Å². The van der Waals surface area contributed by atoms with E-state index in [-0.39, 0.29) is 11.5 Å². The Hall–Kier alpha value is -1.02. The Morgan fingerprint density at radius 3 is 2.44 bits per heavy atom. The first kappa shape index (κ1) is 13.0. The first-order valence-corrected chi connectivity index (χ1v) is 5.94. The van der Waals surface area contributed by atoms with Crippen molar-refractivity contribution in [3.8, 4) is 5.75 Å². The van der Waals surface area contributed by atoms with Crippen LogP contribution in [0.15, 0.2) is 24.3 Å². The molecule has 0 saturated heterocycles. The summed E-state index contributed by atoms with van der Waals surface area (Å²) in [6, 6.07) is 8.06. The van der Waals surface area contributed by atoms with Crippen LogP contribution in [0, 0.1) is 5.41 Å². The van der Waals surface area contributed by atoms with E-state index < -0.39 is 0 Å². The minimum atomic E-state index is 0.000515. The fraction of sp³-hybridized carbons (Fsp3) is 0.571. The largest absolute Gasteiger partial charge is 0.493 e. The molecule has 1 atom stereocenters. The SMILES string of the molecule is CCCOc1ccccc1C(N)C(C)(C)C. The average Bonchev–Trinajstić information content (AvgIpc) is 2.24. The van der Waals surface area contributed by atoms with Crippen LogP contribution in [-0.4, -0.2) is 6.61 Å². The summed E-state index contributed by atoms with van der Waals surface area (Å²) in [4.78, 5) is 0. The van der Waals surface area contributed by atoms with Gasteiger partial charge in [0, 0.05) is 11.6 Å². The van der Waals surface area contributed by atoms with E-state index in [0.29, 0.717) is 0 Å². The van der Waals surface area contributed by atoms with Gasteiger partial charge in [0.2, 0.25) is 0 Å². The Kier molecular flexibility index (Phi) is 4.36. The number of para-hydroxylation sites is 1. The van der Waals surface area contributed by atoms with Gasteiger partial charge in [0.25, 0.3) is 0 Å². The molecule has 16 heavy (non-hydrogen) atoms. The van der Waals surface area contributed by atoms with Crippen molar-refractivity contribution in [3.63, 3.8) is 0 Å². The molecule has 0 aliphatic carbocycles. The molecule has 0 amide bonds. The van der Waals surface area contributed by atoms with Crippen molar-refractivity contribution in [2.24, 2.45) is 11.1 Å². The molecule has 0 fully saturated rings. The van der Waals surface area contributed by atoms with E-state index in [2.05, 4.69) is 33.8 Å². The smallest absolute Gasteiger partial charge is 0.124 e. The molecule has 0 aliphatic heterocycles. The Morgan fingerprint density at radius 2 is 1.88 bits per heavy atom. The number of hydrogen-bond donors (Lipinski definition) is 1. The Labute approximate surface area is 98.8 Å². The van der Waals surface area contributed by atoms with Crippen LogP contribution in [0.1, 0.15) is 45.7 Å². The summed E-state index contributed by atoms with van der Waals surface area (Å²) in [5.74, 6) is 0.923. The zero-order valence-electron chi connectivity index (χ0n) is 10.8. The van der Waals surface area contributed by atoms with Gasteiger partial charge in [0.05, 0.1) is 6.61 Å². The second-order valence-corrected chi connectivity index (χ2v) is 5.23. The van der Waals surface area contributed by atoms with E-state index in [9.17, 15) is 0 Å². The fourth-order valence-corrected chi connectivity index (χ4v) is 1.55. The molecule has 1 aromatic carbocycles. The van der Waals surface area contributed by atoms with Crippen molar-refractivity contribution in [2.75, 3.05) is 6.61 Å². The second kappa shape index (κ2) is 5.35. The number of rotatable bonds is 4. The van der Waals surface area contributed by atoms with E-state index in [4.69, 9.17) is 10.5 Å². The van der Waals surface area contributed by atoms with Crippen LogP contribution in [0.4, 0.5) is 0 Å². The lowest BCUT2D eigenvalue weighted by Crippen LogP contribution is -2.26. The van der Waals surface area contributed by atoms with E-state index in [0.717, 1.165) is 24.3 Å². The van der Waals surface area contributed by atoms with Gasteiger partial charge in [-0.3, -0.25) is 0 Å². The number of hydrogen-bond acceptors (Lipinski definition) is 2. The van der Waals surface area contributed by atoms with Gasteiger partial charge in [-0.1, -0.05) is 45.9 Å². The highest BCUT2D eigenvalue weighted by molar-refractivity contribution is 5.36. The summed E-state index contributed by atoms with van der Waals surface area (Å²) in [6.45, 7) is 9.29. The van der Waals surface area contributed by atoms with Crippen LogP contribution >= 0.6 is 0 Å². The maximum absolute atomic E-state index is 6.26. The van der Waals surface area contributed by atoms with Gasteiger partial charge in [-0.05, 0) is 17.9 Å². The van der Waals surface area contributed by atoms with Crippen LogP contribution < -0.4 is 10.5 Å². The predicted molar refractivity (Wildman–Crippen MR) is 68.6 cm³/mol. The summed E-state index contributed by atoms with van der Waals surface area (Å²) < 4.78 is 5.72. The first-order chi connectivity index (χ1) is 7.46. The Balaban J connectivity index is 2.94. The Bertz CT molecular complexity index is 328. The lowest BCUT2D eigenvalue weighted by atomic mass is 9.83. The zero-order chi connectivity index (χ0) is 12.2. The third kappa shape index (κ3) is 3.24. The summed E-state index contributed by atoms with van der Waals surface area (Å²) in [6.07, 6.45) is 1.01. The maximum atomic E-state index is 6.26. The maximum Gasteiger partial charge on any atom is 0.124 e. The zero-order valence-corrected chi connectivity index (χ0v) is 10.8. The number of nitrogens with two attached hydrogens (primary N) is 1. The summed E-state index contributed by atoms with van der Waals surface area (Å²) in [5, 5.41) is 0. The molecular formula is C14H23NO. The minimum absolute atomic E-state index is 0.000515. The summed E-state index contributed by atoms with van der Waals surface area (Å²) in [7, 11) is 0. The molecule has 0 aliphatic rings. The lowest BCUT2D eigenvalue weighted by molar-refractivity contribution is 0.288. The molecule has 0 radical (unpaired) electrons. The van der Waals surface area contributed by atoms with E-state index >= 15 is 0 Å². The quantitative estimate of drug-likeness (QED) is 0.844. The van der Waals surface area contributed by atoms with E-state index in [1.165, 1.54) is 0 Å². The molecule has 0 spiro atoms. The predicted octanol–water partition coefficient (Wildman–Crippen LogP) is 3.52. The summed E-state index contributed by atoms with van der Waals surface area (Å²) >= 11 is 0. The highest BCUT2D eigenvalue weighted by atomic mass is 16.5. The van der Waals surface area contributed by atoms with Gasteiger partial charge in [-0.25, -0.2) is 0 Å².